The largest absolute Gasteiger partial charge is 0.386 e. The molecular weight excluding hydrogens is 260 g/mol. The van der Waals surface area contributed by atoms with E-state index in [-0.39, 0.29) is 29.4 Å². The molecule has 1 amide bonds. The van der Waals surface area contributed by atoms with Crippen molar-refractivity contribution in [2.24, 2.45) is 0 Å². The van der Waals surface area contributed by atoms with Crippen LogP contribution in [0.5, 0.6) is 0 Å². The Hall–Kier alpha value is -1.66. The molecule has 1 N–H and O–H groups in total. The van der Waals surface area contributed by atoms with Crippen LogP contribution in [0, 0.1) is 10.1 Å². The normalized spacial score (nSPS) is 17.2. The highest BCUT2D eigenvalue weighted by Gasteiger charge is 2.41. The number of benzene rings is 1. The number of amides is 1. The lowest BCUT2D eigenvalue weighted by Crippen LogP contribution is -2.61. The van der Waals surface area contributed by atoms with E-state index in [4.69, 9.17) is 11.6 Å². The number of likely N-dealkylation sites (tertiary alicyclic amines) is 1. The molecule has 7 heteroatoms. The summed E-state index contributed by atoms with van der Waals surface area (Å²) in [6, 6.07) is 4.08. The summed E-state index contributed by atoms with van der Waals surface area (Å²) < 4.78 is 0. The summed E-state index contributed by atoms with van der Waals surface area (Å²) in [5.74, 6) is -0.529. The van der Waals surface area contributed by atoms with Crippen LogP contribution in [0.1, 0.15) is 17.3 Å². The van der Waals surface area contributed by atoms with Gasteiger partial charge in [-0.15, -0.1) is 0 Å². The number of carbonyl (C=O) groups excluding carboxylic acids is 1. The van der Waals surface area contributed by atoms with E-state index in [9.17, 15) is 20.0 Å². The third-order valence-corrected chi connectivity index (χ3v) is 3.07. The van der Waals surface area contributed by atoms with Crippen molar-refractivity contribution in [1.29, 1.82) is 0 Å². The molecule has 1 aromatic rings. The molecule has 1 aliphatic heterocycles. The molecule has 6 nitrogen and oxygen atoms in total. The maximum Gasteiger partial charge on any atom is 0.283 e. The minimum atomic E-state index is -0.925. The lowest BCUT2D eigenvalue weighted by Gasteiger charge is -2.44. The van der Waals surface area contributed by atoms with Gasteiger partial charge < -0.3 is 10.0 Å². The number of nitro groups is 1. The van der Waals surface area contributed by atoms with Crippen LogP contribution < -0.4 is 0 Å². The molecule has 0 radical (unpaired) electrons. The first-order valence-electron chi connectivity index (χ1n) is 5.26. The lowest BCUT2D eigenvalue weighted by molar-refractivity contribution is -0.385. The SMILES string of the molecule is CC1(O)CN(C(=O)c2c(Cl)cccc2[N+](=O)[O-])C1. The minimum Gasteiger partial charge on any atom is -0.386 e. The molecule has 1 aliphatic rings. The van der Waals surface area contributed by atoms with Crippen LogP contribution in [0.2, 0.25) is 5.02 Å². The number of carbonyl (C=O) groups is 1. The van der Waals surface area contributed by atoms with Gasteiger partial charge in [0.15, 0.2) is 0 Å². The van der Waals surface area contributed by atoms with Crippen molar-refractivity contribution in [2.75, 3.05) is 13.1 Å². The van der Waals surface area contributed by atoms with Gasteiger partial charge in [-0.1, -0.05) is 17.7 Å². The van der Waals surface area contributed by atoms with Crippen LogP contribution in [-0.4, -0.2) is 39.5 Å². The van der Waals surface area contributed by atoms with Gasteiger partial charge in [0.1, 0.15) is 5.56 Å². The zero-order chi connectivity index (χ0) is 13.5. The number of nitrogens with zero attached hydrogens (tertiary/aromatic N) is 2. The fourth-order valence-corrected chi connectivity index (χ4v) is 2.20. The Morgan fingerprint density at radius 1 is 1.56 bits per heavy atom. The second-order valence-corrected chi connectivity index (χ2v) is 4.96. The maximum absolute atomic E-state index is 12.1. The topological polar surface area (TPSA) is 83.7 Å². The molecule has 1 fully saturated rings. The van der Waals surface area contributed by atoms with Crippen LogP contribution in [0.15, 0.2) is 18.2 Å². The predicted octanol–water partition coefficient (Wildman–Crippen LogP) is 1.46. The van der Waals surface area contributed by atoms with Crippen LogP contribution in [0.3, 0.4) is 0 Å². The molecule has 18 heavy (non-hydrogen) atoms. The molecule has 0 saturated carbocycles. The summed E-state index contributed by atoms with van der Waals surface area (Å²) in [6.07, 6.45) is 0. The number of rotatable bonds is 2. The third-order valence-electron chi connectivity index (χ3n) is 2.75. The monoisotopic (exact) mass is 270 g/mol. The van der Waals surface area contributed by atoms with E-state index in [1.54, 1.807) is 6.92 Å². The molecule has 2 rings (SSSR count). The smallest absolute Gasteiger partial charge is 0.283 e. The van der Waals surface area contributed by atoms with Gasteiger partial charge in [0.05, 0.1) is 28.6 Å². The van der Waals surface area contributed by atoms with E-state index in [1.807, 2.05) is 0 Å². The number of hydrogen-bond donors (Lipinski definition) is 1. The zero-order valence-electron chi connectivity index (χ0n) is 9.59. The van der Waals surface area contributed by atoms with Gasteiger partial charge >= 0.3 is 0 Å². The van der Waals surface area contributed by atoms with Crippen LogP contribution in [0.25, 0.3) is 0 Å². The quantitative estimate of drug-likeness (QED) is 0.651. The second kappa shape index (κ2) is 4.22. The van der Waals surface area contributed by atoms with Gasteiger partial charge in [-0.05, 0) is 13.0 Å². The molecule has 1 aromatic carbocycles. The molecule has 0 aliphatic carbocycles. The number of nitro benzene ring substituents is 1. The Morgan fingerprint density at radius 2 is 2.17 bits per heavy atom. The van der Waals surface area contributed by atoms with E-state index in [2.05, 4.69) is 0 Å². The first-order chi connectivity index (χ1) is 8.32. The summed E-state index contributed by atoms with van der Waals surface area (Å²) >= 11 is 5.85. The summed E-state index contributed by atoms with van der Waals surface area (Å²) in [4.78, 5) is 23.6. The average molecular weight is 271 g/mol. The van der Waals surface area contributed by atoms with Crippen LogP contribution >= 0.6 is 11.6 Å². The Labute approximate surface area is 108 Å². The van der Waals surface area contributed by atoms with E-state index in [0.717, 1.165) is 0 Å². The molecule has 0 spiro atoms. The first-order valence-corrected chi connectivity index (χ1v) is 5.64. The molecular formula is C11H11ClN2O4. The highest BCUT2D eigenvalue weighted by atomic mass is 35.5. The highest BCUT2D eigenvalue weighted by molar-refractivity contribution is 6.34. The van der Waals surface area contributed by atoms with Gasteiger partial charge in [0.2, 0.25) is 0 Å². The minimum absolute atomic E-state index is 0.0424. The van der Waals surface area contributed by atoms with E-state index in [1.165, 1.54) is 23.1 Å². The summed E-state index contributed by atoms with van der Waals surface area (Å²) in [5, 5.41) is 20.5. The first kappa shape index (κ1) is 12.8. The van der Waals surface area contributed by atoms with Gasteiger partial charge in [0.25, 0.3) is 11.6 Å². The predicted molar refractivity (Wildman–Crippen MR) is 64.6 cm³/mol. The van der Waals surface area contributed by atoms with Crippen LogP contribution in [0.4, 0.5) is 5.69 Å². The molecule has 96 valence electrons. The Bertz CT molecular complexity index is 522. The maximum atomic E-state index is 12.1. The zero-order valence-corrected chi connectivity index (χ0v) is 10.3. The van der Waals surface area contributed by atoms with E-state index in [0.29, 0.717) is 0 Å². The molecule has 0 atom stereocenters. The van der Waals surface area contributed by atoms with Crippen molar-refractivity contribution in [2.45, 2.75) is 12.5 Å². The van der Waals surface area contributed by atoms with Gasteiger partial charge in [0, 0.05) is 6.07 Å². The van der Waals surface area contributed by atoms with Crippen molar-refractivity contribution >= 4 is 23.2 Å². The van der Waals surface area contributed by atoms with Crippen molar-refractivity contribution in [3.05, 3.63) is 38.9 Å². The van der Waals surface area contributed by atoms with Crippen LogP contribution in [-0.2, 0) is 0 Å². The fraction of sp³-hybridized carbons (Fsp3) is 0.364. The Balaban J connectivity index is 2.34. The molecule has 0 unspecified atom stereocenters. The van der Waals surface area contributed by atoms with Crippen molar-refractivity contribution in [1.82, 2.24) is 4.90 Å². The Kier molecular flexibility index (Phi) is 3.00. The molecule has 1 saturated heterocycles. The second-order valence-electron chi connectivity index (χ2n) is 4.55. The van der Waals surface area contributed by atoms with Crippen molar-refractivity contribution < 1.29 is 14.8 Å². The van der Waals surface area contributed by atoms with Gasteiger partial charge in [-0.3, -0.25) is 14.9 Å². The number of halogens is 1. The average Bonchev–Trinajstić information content (AvgIpc) is 2.24. The Morgan fingerprint density at radius 3 is 2.67 bits per heavy atom. The number of aliphatic hydroxyl groups is 1. The van der Waals surface area contributed by atoms with Gasteiger partial charge in [-0.2, -0.15) is 0 Å². The molecule has 1 heterocycles. The fourth-order valence-electron chi connectivity index (χ4n) is 1.95. The molecule has 0 aromatic heterocycles. The summed E-state index contributed by atoms with van der Waals surface area (Å²) in [6.45, 7) is 1.89. The number of β-amino-alcohol motifs (C(OH)–C–C–N with tert-alkyl or cyclic N) is 1. The standard InChI is InChI=1S/C11H11ClN2O4/c1-11(16)5-13(6-11)10(15)9-7(12)3-2-4-8(9)14(17)18/h2-4,16H,5-6H2,1H3. The summed E-state index contributed by atoms with van der Waals surface area (Å²) in [5.41, 5.74) is -1.37. The number of hydrogen-bond acceptors (Lipinski definition) is 4. The highest BCUT2D eigenvalue weighted by Crippen LogP contribution is 2.30. The van der Waals surface area contributed by atoms with Gasteiger partial charge in [-0.25, -0.2) is 0 Å². The molecule has 0 bridgehead atoms. The van der Waals surface area contributed by atoms with E-state index < -0.39 is 16.4 Å². The van der Waals surface area contributed by atoms with Crippen molar-refractivity contribution in [3.8, 4) is 0 Å². The third kappa shape index (κ3) is 2.16. The van der Waals surface area contributed by atoms with Crippen molar-refractivity contribution in [3.63, 3.8) is 0 Å². The summed E-state index contributed by atoms with van der Waals surface area (Å²) in [7, 11) is 0. The lowest BCUT2D eigenvalue weighted by atomic mass is 9.95. The van der Waals surface area contributed by atoms with E-state index >= 15 is 0 Å².